The Morgan fingerprint density at radius 1 is 1.78 bits per heavy atom. The molecule has 0 saturated carbocycles. The summed E-state index contributed by atoms with van der Waals surface area (Å²) in [6.07, 6.45) is -0.709. The van der Waals surface area contributed by atoms with E-state index in [0.717, 1.165) is 10.8 Å². The summed E-state index contributed by atoms with van der Waals surface area (Å²) in [6.45, 7) is 1.02. The lowest BCUT2D eigenvalue weighted by molar-refractivity contribution is -0.778. The van der Waals surface area contributed by atoms with Crippen molar-refractivity contribution in [3.05, 3.63) is 16.8 Å². The van der Waals surface area contributed by atoms with Crippen molar-refractivity contribution >= 4 is 18.0 Å². The highest BCUT2D eigenvalue weighted by Gasteiger charge is 2.50. The van der Waals surface area contributed by atoms with Gasteiger partial charge in [0.1, 0.15) is 6.20 Å². The number of rotatable bonds is 2. The number of hydrogen-bond acceptors (Lipinski definition) is 4. The Morgan fingerprint density at radius 2 is 2.44 bits per heavy atom. The van der Waals surface area contributed by atoms with Gasteiger partial charge in [0.05, 0.1) is 12.7 Å². The molecule has 0 radical (unpaired) electrons. The van der Waals surface area contributed by atoms with E-state index < -0.39 is 23.8 Å². The van der Waals surface area contributed by atoms with Crippen LogP contribution < -0.4 is 10.3 Å². The predicted molar refractivity (Wildman–Crippen MR) is 61.3 cm³/mol. The number of aliphatic hydroxyl groups excluding tert-OH is 1. The van der Waals surface area contributed by atoms with Gasteiger partial charge in [0.25, 0.3) is 0 Å². The number of anilines is 1. The number of nitrogens with two attached hydrogens (primary N) is 1. The molecule has 1 aliphatic heterocycles. The average molecular weight is 278 g/mol. The van der Waals surface area contributed by atoms with Crippen molar-refractivity contribution in [1.82, 2.24) is 4.98 Å². The SMILES string of the molecule is CC1(F)C[C@@H](CO)O[C@H]1[n+]1cc(F)c(N)[nH]c1=S. The zero-order valence-corrected chi connectivity index (χ0v) is 10.5. The lowest BCUT2D eigenvalue weighted by atomic mass is 10.0. The molecule has 18 heavy (non-hydrogen) atoms. The first kappa shape index (κ1) is 13.3. The lowest BCUT2D eigenvalue weighted by Crippen LogP contribution is -2.49. The van der Waals surface area contributed by atoms with E-state index in [4.69, 9.17) is 27.8 Å². The summed E-state index contributed by atoms with van der Waals surface area (Å²) in [7, 11) is 0. The largest absolute Gasteiger partial charge is 0.394 e. The second kappa shape index (κ2) is 4.52. The third-order valence-electron chi connectivity index (χ3n) is 2.91. The first-order chi connectivity index (χ1) is 8.35. The first-order valence-electron chi connectivity index (χ1n) is 5.40. The molecule has 2 heterocycles. The number of nitrogens with zero attached hydrogens (tertiary/aromatic N) is 1. The van der Waals surface area contributed by atoms with Crippen LogP contribution in [0.25, 0.3) is 0 Å². The van der Waals surface area contributed by atoms with Crippen molar-refractivity contribution in [2.24, 2.45) is 0 Å². The minimum absolute atomic E-state index is 0.0158. The Balaban J connectivity index is 2.43. The van der Waals surface area contributed by atoms with Gasteiger partial charge in [-0.1, -0.05) is 0 Å². The molecule has 0 aromatic carbocycles. The molecule has 1 aromatic heterocycles. The van der Waals surface area contributed by atoms with Crippen LogP contribution in [0.2, 0.25) is 0 Å². The van der Waals surface area contributed by atoms with Crippen LogP contribution in [0.1, 0.15) is 19.6 Å². The summed E-state index contributed by atoms with van der Waals surface area (Å²) < 4.78 is 34.3. The number of aliphatic hydroxyl groups is 1. The fourth-order valence-corrected chi connectivity index (χ4v) is 2.30. The van der Waals surface area contributed by atoms with Crippen LogP contribution in [0.3, 0.4) is 0 Å². The number of aromatic nitrogens is 2. The lowest BCUT2D eigenvalue weighted by Gasteiger charge is -2.18. The molecule has 0 aliphatic carbocycles. The van der Waals surface area contributed by atoms with Crippen molar-refractivity contribution in [3.8, 4) is 0 Å². The molecule has 1 unspecified atom stereocenters. The van der Waals surface area contributed by atoms with E-state index in [0.29, 0.717) is 0 Å². The van der Waals surface area contributed by atoms with Gasteiger partial charge in [0.15, 0.2) is 5.67 Å². The summed E-state index contributed by atoms with van der Waals surface area (Å²) in [4.78, 5) is 2.43. The normalized spacial score (nSPS) is 31.8. The van der Waals surface area contributed by atoms with Gasteiger partial charge in [0, 0.05) is 18.6 Å². The minimum Gasteiger partial charge on any atom is -0.394 e. The molecule has 1 aliphatic rings. The van der Waals surface area contributed by atoms with Crippen LogP contribution >= 0.6 is 12.2 Å². The van der Waals surface area contributed by atoms with E-state index in [1.807, 2.05) is 0 Å². The zero-order valence-electron chi connectivity index (χ0n) is 9.69. The quantitative estimate of drug-likeness (QED) is 0.551. The molecule has 4 N–H and O–H groups in total. The van der Waals surface area contributed by atoms with E-state index in [1.165, 1.54) is 6.92 Å². The molecule has 0 amide bonds. The van der Waals surface area contributed by atoms with Crippen LogP contribution in [0.4, 0.5) is 14.6 Å². The van der Waals surface area contributed by atoms with Crippen LogP contribution in [-0.2, 0) is 4.74 Å². The Labute approximate surface area is 107 Å². The van der Waals surface area contributed by atoms with Crippen LogP contribution in [0.5, 0.6) is 0 Å². The highest BCUT2D eigenvalue weighted by atomic mass is 32.1. The summed E-state index contributed by atoms with van der Waals surface area (Å²) >= 11 is 4.96. The van der Waals surface area contributed by atoms with E-state index in [2.05, 4.69) is 4.98 Å². The molecule has 100 valence electrons. The molecule has 1 aromatic rings. The second-order valence-corrected chi connectivity index (χ2v) is 4.89. The number of nitrogens with one attached hydrogen (secondary N) is 1. The van der Waals surface area contributed by atoms with Crippen LogP contribution in [0, 0.1) is 10.6 Å². The molecule has 5 nitrogen and oxygen atoms in total. The van der Waals surface area contributed by atoms with Gasteiger partial charge in [-0.05, 0) is 6.92 Å². The van der Waals surface area contributed by atoms with Crippen molar-refractivity contribution in [3.63, 3.8) is 0 Å². The van der Waals surface area contributed by atoms with Crippen molar-refractivity contribution < 1.29 is 23.2 Å². The maximum Gasteiger partial charge on any atom is 0.352 e. The third kappa shape index (κ3) is 2.23. The smallest absolute Gasteiger partial charge is 0.352 e. The van der Waals surface area contributed by atoms with Gasteiger partial charge < -0.3 is 15.6 Å². The highest BCUT2D eigenvalue weighted by molar-refractivity contribution is 7.71. The fourth-order valence-electron chi connectivity index (χ4n) is 2.05. The molecule has 2 rings (SSSR count). The third-order valence-corrected chi connectivity index (χ3v) is 3.22. The Hall–Kier alpha value is -1.12. The van der Waals surface area contributed by atoms with E-state index in [1.54, 1.807) is 0 Å². The number of nitrogen functional groups attached to an aromatic ring is 1. The summed E-state index contributed by atoms with van der Waals surface area (Å²) in [6, 6.07) is 0. The first-order valence-corrected chi connectivity index (χ1v) is 5.80. The molecule has 1 saturated heterocycles. The fraction of sp³-hybridized carbons (Fsp3) is 0.600. The number of hydrogen-bond donors (Lipinski definition) is 3. The molecule has 0 bridgehead atoms. The van der Waals surface area contributed by atoms with Crippen LogP contribution in [-0.4, -0.2) is 28.5 Å². The molecule has 1 fully saturated rings. The maximum atomic E-state index is 14.3. The van der Waals surface area contributed by atoms with E-state index >= 15 is 0 Å². The van der Waals surface area contributed by atoms with E-state index in [-0.39, 0.29) is 23.6 Å². The minimum atomic E-state index is -1.75. The standard InChI is InChI=1S/C10H13F2N3O2S/c1-10(12)2-5(4-16)17-8(10)15-3-6(11)7(13)14-9(15)18/h3,5,8,16H,2,4H2,1H3,(H2,13,14,18)/p+1/t5-,8+,10?/m0/s1. The Kier molecular flexibility index (Phi) is 3.35. The van der Waals surface area contributed by atoms with Gasteiger partial charge in [-0.2, -0.15) is 8.96 Å². The van der Waals surface area contributed by atoms with Gasteiger partial charge in [0.2, 0.25) is 17.9 Å². The molecular formula is C10H14F2N3O2S+. The number of H-pyrrole nitrogens is 1. The summed E-state index contributed by atoms with van der Waals surface area (Å²) in [5, 5.41) is 9.00. The van der Waals surface area contributed by atoms with Gasteiger partial charge in [-0.3, -0.25) is 0 Å². The van der Waals surface area contributed by atoms with Gasteiger partial charge in [-0.25, -0.2) is 9.37 Å². The molecule has 3 atom stereocenters. The predicted octanol–water partition coefficient (Wildman–Crippen LogP) is 0.761. The van der Waals surface area contributed by atoms with E-state index in [9.17, 15) is 8.78 Å². The molecule has 8 heteroatoms. The van der Waals surface area contributed by atoms with Crippen LogP contribution in [0.15, 0.2) is 6.20 Å². The van der Waals surface area contributed by atoms with Gasteiger partial charge >= 0.3 is 4.77 Å². The Bertz CT molecular complexity index is 520. The average Bonchev–Trinajstić information content (AvgIpc) is 2.59. The Morgan fingerprint density at radius 3 is 3.00 bits per heavy atom. The highest BCUT2D eigenvalue weighted by Crippen LogP contribution is 2.37. The zero-order chi connectivity index (χ0) is 13.5. The van der Waals surface area contributed by atoms with Crippen molar-refractivity contribution in [2.75, 3.05) is 12.3 Å². The number of ether oxygens (including phenoxy) is 1. The number of aromatic amines is 1. The molecule has 0 spiro atoms. The summed E-state index contributed by atoms with van der Waals surface area (Å²) in [5.74, 6) is -0.955. The maximum absolute atomic E-state index is 14.3. The van der Waals surface area contributed by atoms with Gasteiger partial charge in [-0.15, -0.1) is 0 Å². The number of halogens is 2. The monoisotopic (exact) mass is 278 g/mol. The topological polar surface area (TPSA) is 75.2 Å². The molecular weight excluding hydrogens is 264 g/mol. The van der Waals surface area contributed by atoms with Crippen molar-refractivity contribution in [2.45, 2.75) is 31.3 Å². The number of alkyl halides is 1. The second-order valence-electron chi connectivity index (χ2n) is 4.50. The van der Waals surface area contributed by atoms with Crippen molar-refractivity contribution in [1.29, 1.82) is 0 Å². The summed E-state index contributed by atoms with van der Waals surface area (Å²) in [5.41, 5.74) is 3.58.